The lowest BCUT2D eigenvalue weighted by Gasteiger charge is -2.06. The quantitative estimate of drug-likeness (QED) is 0.736. The number of carbonyl (C=O) groups is 1. The fourth-order valence-corrected chi connectivity index (χ4v) is 4.05. The molecule has 3 heterocycles. The number of hydrogen-bond donors (Lipinski definition) is 1. The highest BCUT2D eigenvalue weighted by molar-refractivity contribution is 9.11. The van der Waals surface area contributed by atoms with Crippen LogP contribution in [0.1, 0.15) is 20.2 Å². The summed E-state index contributed by atoms with van der Waals surface area (Å²) >= 11 is 6.07. The smallest absolute Gasteiger partial charge is 0.282 e. The van der Waals surface area contributed by atoms with Gasteiger partial charge in [0.15, 0.2) is 4.96 Å². The predicted molar refractivity (Wildman–Crippen MR) is 88.8 cm³/mol. The van der Waals surface area contributed by atoms with Crippen molar-refractivity contribution in [3.8, 4) is 0 Å². The van der Waals surface area contributed by atoms with Crippen molar-refractivity contribution in [2.75, 3.05) is 5.32 Å². The summed E-state index contributed by atoms with van der Waals surface area (Å²) in [5, 5.41) is 2.67. The molecular formula is C13H10BrN3O2S2. The molecule has 0 spiro atoms. The number of carbonyl (C=O) groups excluding carboxylic acids is 1. The number of fused-ring (bicyclic) bond motifs is 1. The number of nitrogens with zero attached hydrogens (tertiary/aromatic N) is 2. The van der Waals surface area contributed by atoms with Gasteiger partial charge in [-0.05, 0) is 41.9 Å². The third-order valence-corrected chi connectivity index (χ3v) is 5.38. The average Bonchev–Trinajstić information content (AvgIpc) is 3.00. The zero-order chi connectivity index (χ0) is 15.1. The normalized spacial score (nSPS) is 11.0. The third-order valence-electron chi connectivity index (χ3n) is 2.86. The molecule has 3 aromatic rings. The van der Waals surface area contributed by atoms with E-state index in [1.54, 1.807) is 25.3 Å². The summed E-state index contributed by atoms with van der Waals surface area (Å²) in [5.41, 5.74) is 0.483. The summed E-state index contributed by atoms with van der Waals surface area (Å²) in [5.74, 6) is -0.306. The van der Waals surface area contributed by atoms with Crippen molar-refractivity contribution in [2.45, 2.75) is 13.8 Å². The van der Waals surface area contributed by atoms with Crippen LogP contribution in [0, 0.1) is 13.8 Å². The summed E-state index contributed by atoms with van der Waals surface area (Å²) in [6, 6.07) is 3.50. The second-order valence-corrected chi connectivity index (χ2v) is 8.11. The maximum atomic E-state index is 12.4. The van der Waals surface area contributed by atoms with E-state index in [-0.39, 0.29) is 17.2 Å². The number of thiazole rings is 1. The number of thiophene rings is 1. The minimum absolute atomic E-state index is 0.222. The van der Waals surface area contributed by atoms with Gasteiger partial charge in [-0.15, -0.1) is 22.7 Å². The van der Waals surface area contributed by atoms with Crippen molar-refractivity contribution >= 4 is 55.2 Å². The van der Waals surface area contributed by atoms with Crippen LogP contribution in [0.3, 0.4) is 0 Å². The molecule has 0 saturated heterocycles. The van der Waals surface area contributed by atoms with Crippen LogP contribution in [0.15, 0.2) is 26.9 Å². The Labute approximate surface area is 136 Å². The molecule has 0 aliphatic rings. The number of aryl methyl sites for hydroxylation is 2. The van der Waals surface area contributed by atoms with E-state index >= 15 is 0 Å². The fraction of sp³-hybridized carbons (Fsp3) is 0.154. The van der Waals surface area contributed by atoms with Gasteiger partial charge in [0.25, 0.3) is 11.5 Å². The molecule has 0 saturated carbocycles. The Morgan fingerprint density at radius 1 is 1.33 bits per heavy atom. The lowest BCUT2D eigenvalue weighted by atomic mass is 10.3. The standard InChI is InChI=1S/C13H10BrN3O2S2/c1-6-5-17-12(19)10(7(2)15-13(17)20-6)16-11(18)8-3-4-9(14)21-8/h3-5H,1-2H3,(H,16,18). The number of hydrogen-bond acceptors (Lipinski definition) is 5. The Morgan fingerprint density at radius 3 is 2.76 bits per heavy atom. The molecule has 5 nitrogen and oxygen atoms in total. The summed E-state index contributed by atoms with van der Waals surface area (Å²) < 4.78 is 2.33. The zero-order valence-electron chi connectivity index (χ0n) is 11.1. The van der Waals surface area contributed by atoms with Crippen LogP contribution < -0.4 is 10.9 Å². The molecule has 0 radical (unpaired) electrons. The first-order valence-corrected chi connectivity index (χ1v) is 8.44. The van der Waals surface area contributed by atoms with Crippen LogP contribution in [-0.4, -0.2) is 15.3 Å². The molecule has 3 rings (SSSR count). The fourth-order valence-electron chi connectivity index (χ4n) is 1.91. The number of rotatable bonds is 2. The first-order valence-electron chi connectivity index (χ1n) is 6.02. The summed E-state index contributed by atoms with van der Waals surface area (Å²) in [6.45, 7) is 3.63. The Kier molecular flexibility index (Phi) is 3.68. The van der Waals surface area contributed by atoms with Crippen LogP contribution in [0.2, 0.25) is 0 Å². The van der Waals surface area contributed by atoms with Crippen molar-refractivity contribution in [3.05, 3.63) is 47.9 Å². The topological polar surface area (TPSA) is 63.5 Å². The van der Waals surface area contributed by atoms with Gasteiger partial charge in [0.2, 0.25) is 0 Å². The van der Waals surface area contributed by atoms with Crippen LogP contribution in [-0.2, 0) is 0 Å². The number of halogens is 1. The van der Waals surface area contributed by atoms with Crippen molar-refractivity contribution < 1.29 is 4.79 Å². The van der Waals surface area contributed by atoms with Gasteiger partial charge in [-0.25, -0.2) is 4.98 Å². The van der Waals surface area contributed by atoms with Crippen LogP contribution in [0.5, 0.6) is 0 Å². The second-order valence-electron chi connectivity index (χ2n) is 4.43. The number of anilines is 1. The van der Waals surface area contributed by atoms with Gasteiger partial charge >= 0.3 is 0 Å². The van der Waals surface area contributed by atoms with E-state index in [4.69, 9.17) is 0 Å². The molecule has 8 heteroatoms. The monoisotopic (exact) mass is 383 g/mol. The van der Waals surface area contributed by atoms with Crippen LogP contribution >= 0.6 is 38.6 Å². The second kappa shape index (κ2) is 5.36. The Balaban J connectivity index is 2.04. The van der Waals surface area contributed by atoms with E-state index in [2.05, 4.69) is 26.2 Å². The lowest BCUT2D eigenvalue weighted by molar-refractivity contribution is 0.103. The van der Waals surface area contributed by atoms with E-state index in [1.807, 2.05) is 6.92 Å². The van der Waals surface area contributed by atoms with Crippen molar-refractivity contribution in [1.29, 1.82) is 0 Å². The predicted octanol–water partition coefficient (Wildman–Crippen LogP) is 3.45. The first-order chi connectivity index (χ1) is 9.95. The number of aromatic nitrogens is 2. The number of amides is 1. The van der Waals surface area contributed by atoms with E-state index in [9.17, 15) is 9.59 Å². The van der Waals surface area contributed by atoms with Crippen LogP contribution in [0.4, 0.5) is 5.69 Å². The van der Waals surface area contributed by atoms with Gasteiger partial charge < -0.3 is 5.32 Å². The Bertz CT molecular complexity index is 910. The van der Waals surface area contributed by atoms with Crippen LogP contribution in [0.25, 0.3) is 4.96 Å². The van der Waals surface area contributed by atoms with E-state index in [0.29, 0.717) is 15.5 Å². The minimum atomic E-state index is -0.306. The molecule has 0 aromatic carbocycles. The van der Waals surface area contributed by atoms with Crippen molar-refractivity contribution in [1.82, 2.24) is 9.38 Å². The highest BCUT2D eigenvalue weighted by Crippen LogP contribution is 2.23. The largest absolute Gasteiger partial charge is 0.315 e. The molecule has 3 aromatic heterocycles. The molecule has 0 unspecified atom stereocenters. The SMILES string of the molecule is Cc1cn2c(=O)c(NC(=O)c3ccc(Br)s3)c(C)nc2s1. The lowest BCUT2D eigenvalue weighted by Crippen LogP contribution is -2.23. The third kappa shape index (κ3) is 2.66. The van der Waals surface area contributed by atoms with E-state index in [1.165, 1.54) is 27.1 Å². The summed E-state index contributed by atoms with van der Waals surface area (Å²) in [4.78, 5) is 31.1. The molecule has 0 aliphatic carbocycles. The average molecular weight is 384 g/mol. The van der Waals surface area contributed by atoms with Gasteiger partial charge in [0.05, 0.1) is 14.4 Å². The maximum absolute atomic E-state index is 12.4. The summed E-state index contributed by atoms with van der Waals surface area (Å²) in [7, 11) is 0. The van der Waals surface area contributed by atoms with Crippen molar-refractivity contribution in [3.63, 3.8) is 0 Å². The maximum Gasteiger partial charge on any atom is 0.282 e. The highest BCUT2D eigenvalue weighted by Gasteiger charge is 2.16. The minimum Gasteiger partial charge on any atom is -0.315 e. The molecule has 1 amide bonds. The molecular weight excluding hydrogens is 374 g/mol. The Hall–Kier alpha value is -1.51. The first kappa shape index (κ1) is 14.4. The summed E-state index contributed by atoms with van der Waals surface area (Å²) in [6.07, 6.45) is 1.73. The molecule has 0 atom stereocenters. The van der Waals surface area contributed by atoms with Gasteiger partial charge in [-0.3, -0.25) is 14.0 Å². The highest BCUT2D eigenvalue weighted by atomic mass is 79.9. The van der Waals surface area contributed by atoms with Gasteiger partial charge in [0.1, 0.15) is 5.69 Å². The molecule has 1 N–H and O–H groups in total. The zero-order valence-corrected chi connectivity index (χ0v) is 14.4. The van der Waals surface area contributed by atoms with Crippen molar-refractivity contribution in [2.24, 2.45) is 0 Å². The molecule has 108 valence electrons. The van der Waals surface area contributed by atoms with Gasteiger partial charge in [-0.1, -0.05) is 0 Å². The molecule has 0 aliphatic heterocycles. The van der Waals surface area contributed by atoms with Gasteiger partial charge in [-0.2, -0.15) is 0 Å². The Morgan fingerprint density at radius 2 is 2.10 bits per heavy atom. The molecule has 0 fully saturated rings. The molecule has 0 bridgehead atoms. The van der Waals surface area contributed by atoms with E-state index < -0.39 is 0 Å². The number of nitrogens with one attached hydrogen (secondary N) is 1. The molecule has 21 heavy (non-hydrogen) atoms. The van der Waals surface area contributed by atoms with Gasteiger partial charge in [0, 0.05) is 11.1 Å². The van der Waals surface area contributed by atoms with E-state index in [0.717, 1.165) is 8.66 Å².